The molecule has 2 spiro atoms. The minimum atomic E-state index is -2.92. The summed E-state index contributed by atoms with van der Waals surface area (Å²) in [5.74, 6) is -7.74. The van der Waals surface area contributed by atoms with Crippen molar-refractivity contribution in [3.63, 3.8) is 0 Å². The number of carbonyl (C=O) groups excluding carboxylic acids is 3. The third-order valence-electron chi connectivity index (χ3n) is 13.6. The Kier molecular flexibility index (Phi) is 15.0. The van der Waals surface area contributed by atoms with Crippen molar-refractivity contribution in [3.8, 4) is 0 Å². The number of rotatable bonds is 24. The predicted molar refractivity (Wildman–Crippen MR) is 207 cm³/mol. The highest BCUT2D eigenvalue weighted by Crippen LogP contribution is 2.74. The Morgan fingerprint density at radius 3 is 1.32 bits per heavy atom. The summed E-state index contributed by atoms with van der Waals surface area (Å²) in [7, 11) is -5.82. The van der Waals surface area contributed by atoms with E-state index in [-0.39, 0.29) is 36.0 Å². The maximum absolute atomic E-state index is 15.0. The van der Waals surface area contributed by atoms with E-state index in [0.717, 1.165) is 0 Å². The van der Waals surface area contributed by atoms with Crippen molar-refractivity contribution in [1.82, 2.24) is 10.6 Å². The highest BCUT2D eigenvalue weighted by atomic mass is 28.4. The fraction of sp³-hybridized carbons (Fsp3) is 0.872. The van der Waals surface area contributed by atoms with Crippen LogP contribution in [-0.2, 0) is 50.5 Å². The quantitative estimate of drug-likeness (QED) is 0.0799. The van der Waals surface area contributed by atoms with Gasteiger partial charge >= 0.3 is 29.5 Å². The second kappa shape index (κ2) is 18.8. The molecule has 4 N–H and O–H groups in total. The molecule has 0 aromatic rings. The van der Waals surface area contributed by atoms with Crippen molar-refractivity contribution in [2.24, 2.45) is 58.2 Å². The molecule has 4 bridgehead atoms. The number of carbonyl (C=O) groups is 5. The van der Waals surface area contributed by atoms with Crippen LogP contribution in [0.15, 0.2) is 0 Å². The third kappa shape index (κ3) is 8.29. The van der Waals surface area contributed by atoms with Crippen molar-refractivity contribution < 1.29 is 60.7 Å². The minimum absolute atomic E-state index is 0.00162. The van der Waals surface area contributed by atoms with Crippen LogP contribution in [-0.4, -0.2) is 110 Å². The van der Waals surface area contributed by atoms with Crippen LogP contribution in [0.25, 0.3) is 0 Å². The summed E-state index contributed by atoms with van der Waals surface area (Å²) in [6, 6.07) is 1.01. The van der Waals surface area contributed by atoms with Crippen LogP contribution in [0.5, 0.6) is 0 Å². The molecule has 0 radical (unpaired) electrons. The van der Waals surface area contributed by atoms with Crippen LogP contribution in [0, 0.1) is 58.2 Å². The molecule has 10 unspecified atom stereocenters. The Balaban J connectivity index is 1.25. The lowest BCUT2D eigenvalue weighted by molar-refractivity contribution is -0.159. The summed E-state index contributed by atoms with van der Waals surface area (Å²) in [6.45, 7) is 14.6. The Morgan fingerprint density at radius 2 is 0.946 bits per heavy atom. The van der Waals surface area contributed by atoms with E-state index in [0.29, 0.717) is 110 Å². The number of carboxylic acid groups (broad SMARTS) is 2. The molecule has 2 amide bonds. The van der Waals surface area contributed by atoms with E-state index in [1.54, 1.807) is 0 Å². The Morgan fingerprint density at radius 1 is 0.589 bits per heavy atom. The Hall–Kier alpha value is -2.26. The average molecular weight is 827 g/mol. The Labute approximate surface area is 333 Å². The Bertz CT molecular complexity index is 1400. The number of hydrogen-bond acceptors (Lipinski definition) is 11. The van der Waals surface area contributed by atoms with E-state index in [2.05, 4.69) is 10.6 Å². The van der Waals surface area contributed by atoms with Gasteiger partial charge in [-0.15, -0.1) is 0 Å². The number of aliphatic carboxylic acids is 2. The van der Waals surface area contributed by atoms with Gasteiger partial charge in [0, 0.05) is 75.6 Å². The summed E-state index contributed by atoms with van der Waals surface area (Å²) < 4.78 is 35.6. The minimum Gasteiger partial charge on any atom is -0.481 e. The number of carboxylic acids is 2. The van der Waals surface area contributed by atoms with Crippen LogP contribution in [0.3, 0.4) is 0 Å². The van der Waals surface area contributed by atoms with Gasteiger partial charge in [-0.05, 0) is 117 Å². The van der Waals surface area contributed by atoms with Crippen LogP contribution >= 0.6 is 0 Å². The molecule has 15 nitrogen and oxygen atoms in total. The molecule has 5 rings (SSSR count). The molecular weight excluding hydrogens is 761 g/mol. The first-order chi connectivity index (χ1) is 26.8. The fourth-order valence-corrected chi connectivity index (χ4v) is 17.3. The molecule has 5 aliphatic carbocycles. The van der Waals surface area contributed by atoms with E-state index in [1.165, 1.54) is 0 Å². The van der Waals surface area contributed by atoms with Crippen molar-refractivity contribution in [2.45, 2.75) is 105 Å². The predicted octanol–water partition coefficient (Wildman–Crippen LogP) is 4.15. The number of fused-ring (bicyclic) bond motifs is 6. The highest BCUT2D eigenvalue weighted by molar-refractivity contribution is 6.61. The zero-order valence-corrected chi connectivity index (χ0v) is 36.2. The average Bonchev–Trinajstić information content (AvgIpc) is 3.96. The van der Waals surface area contributed by atoms with Gasteiger partial charge in [-0.2, -0.15) is 0 Å². The van der Waals surface area contributed by atoms with Gasteiger partial charge in [-0.25, -0.2) is 0 Å². The van der Waals surface area contributed by atoms with Crippen molar-refractivity contribution in [2.75, 3.05) is 52.7 Å². The van der Waals surface area contributed by atoms with Gasteiger partial charge < -0.3 is 47.4 Å². The molecule has 5 fully saturated rings. The zero-order valence-electron chi connectivity index (χ0n) is 34.2. The maximum Gasteiger partial charge on any atom is 0.500 e. The lowest BCUT2D eigenvalue weighted by Gasteiger charge is -2.43. The summed E-state index contributed by atoms with van der Waals surface area (Å²) in [5.41, 5.74) is -1.76. The molecule has 10 atom stereocenters. The SMILES string of the molecule is CCO[Si](CCCNC(=O)C1C2CC(C1C(=O)O)C1(CCC3(CC4CC3C(C(=O)NCCC[Si](OCC)(OCC)OCC)C4C(=O)O)C1=O)C2)(OCC)OCC. The van der Waals surface area contributed by atoms with Crippen LogP contribution in [0.4, 0.5) is 0 Å². The van der Waals surface area contributed by atoms with E-state index in [4.69, 9.17) is 26.6 Å². The molecule has 5 saturated carbocycles. The highest BCUT2D eigenvalue weighted by Gasteiger charge is 2.76. The van der Waals surface area contributed by atoms with Gasteiger partial charge in [0.15, 0.2) is 0 Å². The molecule has 56 heavy (non-hydrogen) atoms. The van der Waals surface area contributed by atoms with E-state index >= 15 is 4.79 Å². The molecule has 0 heterocycles. The van der Waals surface area contributed by atoms with Crippen LogP contribution < -0.4 is 10.6 Å². The van der Waals surface area contributed by atoms with Crippen molar-refractivity contribution >= 4 is 47.1 Å². The third-order valence-corrected chi connectivity index (χ3v) is 19.9. The first-order valence-corrected chi connectivity index (χ1v) is 25.0. The van der Waals surface area contributed by atoms with Gasteiger partial charge in [0.2, 0.25) is 11.8 Å². The maximum atomic E-state index is 15.0. The second-order valence-corrected chi connectivity index (χ2v) is 21.8. The summed E-state index contributed by atoms with van der Waals surface area (Å²) >= 11 is 0. The lowest BCUT2D eigenvalue weighted by Crippen LogP contribution is -2.53. The standard InChI is InChI=1S/C39H66N2O13Si2/c1-7-49-55(50-8-2,51-9-3)19-13-17-40-33(42)29-25-21-28(32(29)36(46)47)39(23-25)16-15-38(37(39)48)24-26-22-27(38)31(30(26)35(44)45)34(43)41-18-14-20-56(52-10-4,53-11-5)54-12-6/h25-32H,7-24H2,1-6H3,(H,40,42)(H,41,43)(H,44,45)(H,46,47). The van der Waals surface area contributed by atoms with Gasteiger partial charge in [0.25, 0.3) is 0 Å². The van der Waals surface area contributed by atoms with Gasteiger partial charge in [0.05, 0.1) is 23.7 Å². The number of hydrogen-bond donors (Lipinski definition) is 4. The number of amides is 2. The second-order valence-electron chi connectivity index (χ2n) is 16.3. The van der Waals surface area contributed by atoms with Crippen molar-refractivity contribution in [1.29, 1.82) is 0 Å². The zero-order chi connectivity index (χ0) is 40.9. The molecule has 5 aliphatic rings. The van der Waals surface area contributed by atoms with Gasteiger partial charge in [-0.3, -0.25) is 24.0 Å². The summed E-state index contributed by atoms with van der Waals surface area (Å²) in [4.78, 5) is 68.3. The van der Waals surface area contributed by atoms with Crippen molar-refractivity contribution in [3.05, 3.63) is 0 Å². The van der Waals surface area contributed by atoms with E-state index in [9.17, 15) is 29.4 Å². The molecule has 0 saturated heterocycles. The lowest BCUT2D eigenvalue weighted by atomic mass is 9.58. The number of Topliss-reactive ketones (excluding diaryl/α,β-unsaturated/α-hetero) is 1. The first kappa shape index (κ1) is 44.8. The van der Waals surface area contributed by atoms with Crippen LogP contribution in [0.2, 0.25) is 12.1 Å². The molecule has 0 aliphatic heterocycles. The first-order valence-electron chi connectivity index (χ1n) is 21.2. The topological polar surface area (TPSA) is 205 Å². The molecule has 0 aromatic heterocycles. The fourth-order valence-electron chi connectivity index (χ4n) is 12.1. The molecule has 0 aromatic carbocycles. The normalized spacial score (nSPS) is 33.2. The molecule has 318 valence electrons. The number of ketones is 1. The van der Waals surface area contributed by atoms with Gasteiger partial charge in [0.1, 0.15) is 5.78 Å². The largest absolute Gasteiger partial charge is 0.500 e. The van der Waals surface area contributed by atoms with E-state index < -0.39 is 75.9 Å². The monoisotopic (exact) mass is 826 g/mol. The molecular formula is C39H66N2O13Si2. The van der Waals surface area contributed by atoms with Crippen LogP contribution in [0.1, 0.15) is 92.9 Å². The summed E-state index contributed by atoms with van der Waals surface area (Å²) in [5, 5.41) is 26.9. The van der Waals surface area contributed by atoms with E-state index in [1.807, 2.05) is 41.5 Å². The van der Waals surface area contributed by atoms with Gasteiger partial charge in [-0.1, -0.05) is 0 Å². The summed E-state index contributed by atoms with van der Waals surface area (Å²) in [6.07, 6.45) is 3.88. The smallest absolute Gasteiger partial charge is 0.481 e. The number of nitrogens with one attached hydrogen (secondary N) is 2. The molecule has 17 heteroatoms.